The van der Waals surface area contributed by atoms with E-state index >= 15 is 0 Å². The molecule has 0 saturated carbocycles. The van der Waals surface area contributed by atoms with Crippen LogP contribution >= 0.6 is 11.3 Å². The molecule has 2 rings (SSSR count). The first kappa shape index (κ1) is 11.6. The summed E-state index contributed by atoms with van der Waals surface area (Å²) in [6.45, 7) is 6.33. The molecule has 0 saturated heterocycles. The van der Waals surface area contributed by atoms with Gasteiger partial charge >= 0.3 is 0 Å². The number of aryl methyl sites for hydroxylation is 1. The van der Waals surface area contributed by atoms with Crippen molar-refractivity contribution in [2.45, 2.75) is 39.2 Å². The van der Waals surface area contributed by atoms with Crippen molar-refractivity contribution in [3.05, 3.63) is 28.8 Å². The lowest BCUT2D eigenvalue weighted by atomic mass is 9.99. The van der Waals surface area contributed by atoms with Gasteiger partial charge in [0.05, 0.1) is 15.8 Å². The topological polar surface area (TPSA) is 38.9 Å². The molecule has 0 aliphatic carbocycles. The van der Waals surface area contributed by atoms with Crippen LogP contribution in [0.3, 0.4) is 0 Å². The first-order chi connectivity index (χ1) is 7.54. The monoisotopic (exact) mass is 234 g/mol. The molecule has 1 unspecified atom stereocenters. The van der Waals surface area contributed by atoms with E-state index in [1.807, 2.05) is 0 Å². The summed E-state index contributed by atoms with van der Waals surface area (Å²) in [6, 6.07) is 6.29. The summed E-state index contributed by atoms with van der Waals surface area (Å²) in [7, 11) is 0. The maximum absolute atomic E-state index is 6.31. The Hall–Kier alpha value is -0.930. The molecular formula is C13H18N2S. The fourth-order valence-electron chi connectivity index (χ4n) is 1.96. The van der Waals surface area contributed by atoms with Gasteiger partial charge in [-0.15, -0.1) is 11.3 Å². The number of hydrogen-bond acceptors (Lipinski definition) is 3. The third-order valence-electron chi connectivity index (χ3n) is 2.88. The zero-order valence-corrected chi connectivity index (χ0v) is 10.9. The van der Waals surface area contributed by atoms with Crippen LogP contribution in [0.5, 0.6) is 0 Å². The second-order valence-corrected chi connectivity index (χ2v) is 5.64. The molecule has 1 atom stereocenters. The number of aromatic nitrogens is 1. The molecule has 2 N–H and O–H groups in total. The summed E-state index contributed by atoms with van der Waals surface area (Å²) in [5.74, 6) is 0. The quantitative estimate of drug-likeness (QED) is 0.881. The van der Waals surface area contributed by atoms with Gasteiger partial charge in [0, 0.05) is 0 Å². The van der Waals surface area contributed by atoms with Crippen LogP contribution in [-0.4, -0.2) is 4.98 Å². The molecule has 0 spiro atoms. The van der Waals surface area contributed by atoms with Crippen molar-refractivity contribution in [2.75, 3.05) is 0 Å². The van der Waals surface area contributed by atoms with Gasteiger partial charge in [-0.3, -0.25) is 0 Å². The number of para-hydroxylation sites is 1. The van der Waals surface area contributed by atoms with Crippen molar-refractivity contribution in [3.8, 4) is 0 Å². The Morgan fingerprint density at radius 3 is 2.81 bits per heavy atom. The van der Waals surface area contributed by atoms with Crippen molar-refractivity contribution in [3.63, 3.8) is 0 Å². The molecule has 0 bridgehead atoms. The summed E-state index contributed by atoms with van der Waals surface area (Å²) < 4.78 is 1.24. The largest absolute Gasteiger partial charge is 0.320 e. The summed E-state index contributed by atoms with van der Waals surface area (Å²) in [4.78, 5) is 4.70. The molecular weight excluding hydrogens is 216 g/mol. The maximum Gasteiger partial charge on any atom is 0.113 e. The number of nitrogens with two attached hydrogens (primary N) is 1. The van der Waals surface area contributed by atoms with Gasteiger partial charge in [0.25, 0.3) is 0 Å². The third kappa shape index (κ3) is 1.97. The Morgan fingerprint density at radius 1 is 1.44 bits per heavy atom. The first-order valence-electron chi connectivity index (χ1n) is 5.70. The minimum Gasteiger partial charge on any atom is -0.320 e. The van der Waals surface area contributed by atoms with Crippen LogP contribution in [0.1, 0.15) is 37.3 Å². The molecule has 0 fully saturated rings. The number of thiazole rings is 1. The van der Waals surface area contributed by atoms with E-state index in [0.29, 0.717) is 0 Å². The predicted octanol–water partition coefficient (Wildman–Crippen LogP) is 3.58. The lowest BCUT2D eigenvalue weighted by molar-refractivity contribution is 0.445. The van der Waals surface area contributed by atoms with Gasteiger partial charge in [0.1, 0.15) is 5.01 Å². The molecule has 2 aromatic rings. The summed E-state index contributed by atoms with van der Waals surface area (Å²) in [6.07, 6.45) is 2.06. The second-order valence-electron chi connectivity index (χ2n) is 4.61. The highest BCUT2D eigenvalue weighted by Crippen LogP contribution is 2.32. The minimum atomic E-state index is -0.287. The number of hydrogen-bond donors (Lipinski definition) is 1. The normalized spacial score (nSPS) is 15.2. The smallest absolute Gasteiger partial charge is 0.113 e. The second kappa shape index (κ2) is 4.15. The van der Waals surface area contributed by atoms with Gasteiger partial charge in [0.2, 0.25) is 0 Å². The first-order valence-corrected chi connectivity index (χ1v) is 6.52. The molecule has 3 heteroatoms. The fraction of sp³-hybridized carbons (Fsp3) is 0.462. The molecule has 1 aromatic heterocycles. The van der Waals surface area contributed by atoms with E-state index in [4.69, 9.17) is 10.7 Å². The van der Waals surface area contributed by atoms with E-state index in [2.05, 4.69) is 39.0 Å². The summed E-state index contributed by atoms with van der Waals surface area (Å²) >= 11 is 1.72. The van der Waals surface area contributed by atoms with Crippen molar-refractivity contribution >= 4 is 21.6 Å². The standard InChI is InChI=1S/C13H18N2S/c1-4-8-13(3,14)12-15-11-9(2)6-5-7-10(11)16-12/h5-7H,4,8,14H2,1-3H3. The molecule has 2 nitrogen and oxygen atoms in total. The summed E-state index contributed by atoms with van der Waals surface area (Å²) in [5, 5.41) is 1.05. The van der Waals surface area contributed by atoms with Crippen LogP contribution in [0.25, 0.3) is 10.2 Å². The molecule has 1 aromatic carbocycles. The van der Waals surface area contributed by atoms with Gasteiger partial charge in [-0.2, -0.15) is 0 Å². The SMILES string of the molecule is CCCC(C)(N)c1nc2c(C)cccc2s1. The number of rotatable bonds is 3. The minimum absolute atomic E-state index is 0.287. The zero-order valence-electron chi connectivity index (χ0n) is 10.1. The van der Waals surface area contributed by atoms with E-state index in [-0.39, 0.29) is 5.54 Å². The van der Waals surface area contributed by atoms with E-state index < -0.39 is 0 Å². The van der Waals surface area contributed by atoms with Crippen LogP contribution in [0, 0.1) is 6.92 Å². The summed E-state index contributed by atoms with van der Waals surface area (Å²) in [5.41, 5.74) is 8.36. The Bertz CT molecular complexity index is 500. The number of nitrogens with zero attached hydrogens (tertiary/aromatic N) is 1. The van der Waals surface area contributed by atoms with Crippen LogP contribution in [0.4, 0.5) is 0 Å². The molecule has 0 aliphatic rings. The molecule has 0 aliphatic heterocycles. The highest BCUT2D eigenvalue weighted by Gasteiger charge is 2.24. The highest BCUT2D eigenvalue weighted by molar-refractivity contribution is 7.18. The van der Waals surface area contributed by atoms with Crippen molar-refractivity contribution in [2.24, 2.45) is 5.73 Å². The molecule has 1 heterocycles. The van der Waals surface area contributed by atoms with Crippen LogP contribution in [0.15, 0.2) is 18.2 Å². The average molecular weight is 234 g/mol. The Kier molecular flexibility index (Phi) is 3.00. The van der Waals surface area contributed by atoms with Crippen LogP contribution < -0.4 is 5.73 Å². The Morgan fingerprint density at radius 2 is 2.19 bits per heavy atom. The van der Waals surface area contributed by atoms with E-state index in [1.165, 1.54) is 10.3 Å². The van der Waals surface area contributed by atoms with Gasteiger partial charge in [0.15, 0.2) is 0 Å². The number of fused-ring (bicyclic) bond motifs is 1. The van der Waals surface area contributed by atoms with Crippen molar-refractivity contribution in [1.82, 2.24) is 4.98 Å². The van der Waals surface area contributed by atoms with Gasteiger partial charge in [-0.1, -0.05) is 25.5 Å². The molecule has 86 valence electrons. The van der Waals surface area contributed by atoms with Crippen LogP contribution in [0.2, 0.25) is 0 Å². The van der Waals surface area contributed by atoms with E-state index in [0.717, 1.165) is 23.4 Å². The van der Waals surface area contributed by atoms with Crippen molar-refractivity contribution < 1.29 is 0 Å². The lowest BCUT2D eigenvalue weighted by Crippen LogP contribution is -2.32. The predicted molar refractivity (Wildman–Crippen MR) is 70.8 cm³/mol. The number of benzene rings is 1. The fourth-order valence-corrected chi connectivity index (χ4v) is 3.09. The Labute approximate surface area is 101 Å². The molecule has 16 heavy (non-hydrogen) atoms. The zero-order chi connectivity index (χ0) is 11.8. The van der Waals surface area contributed by atoms with E-state index in [1.54, 1.807) is 11.3 Å². The highest BCUT2D eigenvalue weighted by atomic mass is 32.1. The van der Waals surface area contributed by atoms with Gasteiger partial charge < -0.3 is 5.73 Å². The van der Waals surface area contributed by atoms with Crippen LogP contribution in [-0.2, 0) is 5.54 Å². The van der Waals surface area contributed by atoms with Gasteiger partial charge in [-0.25, -0.2) is 4.98 Å². The third-order valence-corrected chi connectivity index (χ3v) is 4.18. The van der Waals surface area contributed by atoms with Crippen molar-refractivity contribution in [1.29, 1.82) is 0 Å². The lowest BCUT2D eigenvalue weighted by Gasteiger charge is -2.20. The maximum atomic E-state index is 6.31. The molecule has 0 amide bonds. The molecule has 0 radical (unpaired) electrons. The van der Waals surface area contributed by atoms with Gasteiger partial charge in [-0.05, 0) is 31.9 Å². The Balaban J connectivity index is 2.51. The van der Waals surface area contributed by atoms with E-state index in [9.17, 15) is 0 Å². The average Bonchev–Trinajstić information content (AvgIpc) is 2.63.